The summed E-state index contributed by atoms with van der Waals surface area (Å²) < 4.78 is 0. The molecule has 0 aromatic rings. The first-order chi connectivity index (χ1) is 5.85. The van der Waals surface area contributed by atoms with Gasteiger partial charge in [-0.05, 0) is 37.1 Å². The number of nitrogens with two attached hydrogens (primary N) is 1. The molecule has 2 N–H and O–H groups in total. The molecule has 0 aromatic carbocycles. The second kappa shape index (κ2) is 3.37. The number of hydrogen-bond donors (Lipinski definition) is 1. The molecule has 2 fully saturated rings. The number of hydrogen-bond acceptors (Lipinski definition) is 1. The van der Waals surface area contributed by atoms with E-state index in [9.17, 15) is 0 Å². The fourth-order valence-electron chi connectivity index (χ4n) is 3.00. The van der Waals surface area contributed by atoms with E-state index in [1.54, 1.807) is 0 Å². The highest BCUT2D eigenvalue weighted by Gasteiger charge is 2.37. The fraction of sp³-hybridized carbons (Fsp3) is 1.00. The topological polar surface area (TPSA) is 26.0 Å². The van der Waals surface area contributed by atoms with Gasteiger partial charge in [-0.3, -0.25) is 0 Å². The van der Waals surface area contributed by atoms with Crippen LogP contribution >= 0.6 is 0 Å². The quantitative estimate of drug-likeness (QED) is 0.687. The van der Waals surface area contributed by atoms with Gasteiger partial charge in [-0.25, -0.2) is 0 Å². The van der Waals surface area contributed by atoms with Gasteiger partial charge >= 0.3 is 0 Å². The van der Waals surface area contributed by atoms with E-state index in [0.717, 1.165) is 12.5 Å². The molecule has 0 aromatic heterocycles. The first-order valence-electron chi connectivity index (χ1n) is 5.55. The third-order valence-corrected chi connectivity index (χ3v) is 4.04. The summed E-state index contributed by atoms with van der Waals surface area (Å²) in [5, 5.41) is 0. The molecule has 0 unspecified atom stereocenters. The molecule has 0 radical (unpaired) electrons. The number of rotatable bonds is 3. The SMILES string of the molecule is NCC1(CC2CCCC2)CCC1. The highest BCUT2D eigenvalue weighted by molar-refractivity contribution is 4.91. The lowest BCUT2D eigenvalue weighted by atomic mass is 9.64. The Labute approximate surface area is 75.7 Å². The van der Waals surface area contributed by atoms with Crippen LogP contribution in [0.15, 0.2) is 0 Å². The summed E-state index contributed by atoms with van der Waals surface area (Å²) in [6.45, 7) is 0.948. The first-order valence-corrected chi connectivity index (χ1v) is 5.55. The monoisotopic (exact) mass is 167 g/mol. The van der Waals surface area contributed by atoms with Crippen molar-refractivity contribution in [1.29, 1.82) is 0 Å². The molecule has 0 atom stereocenters. The molecule has 0 saturated heterocycles. The maximum absolute atomic E-state index is 5.85. The molecule has 0 bridgehead atoms. The predicted octanol–water partition coefficient (Wildman–Crippen LogP) is 2.70. The van der Waals surface area contributed by atoms with Crippen LogP contribution in [0.2, 0.25) is 0 Å². The van der Waals surface area contributed by atoms with E-state index >= 15 is 0 Å². The Balaban J connectivity index is 1.83. The van der Waals surface area contributed by atoms with Gasteiger partial charge < -0.3 is 5.73 Å². The van der Waals surface area contributed by atoms with Crippen molar-refractivity contribution in [3.63, 3.8) is 0 Å². The summed E-state index contributed by atoms with van der Waals surface area (Å²) in [6.07, 6.45) is 11.6. The van der Waals surface area contributed by atoms with Gasteiger partial charge in [-0.2, -0.15) is 0 Å². The highest BCUT2D eigenvalue weighted by Crippen LogP contribution is 2.47. The lowest BCUT2D eigenvalue weighted by Gasteiger charge is -2.42. The second-order valence-electron chi connectivity index (χ2n) is 4.91. The minimum absolute atomic E-state index is 0.606. The van der Waals surface area contributed by atoms with E-state index in [4.69, 9.17) is 5.73 Å². The molecule has 2 aliphatic carbocycles. The second-order valence-corrected chi connectivity index (χ2v) is 4.91. The van der Waals surface area contributed by atoms with Crippen molar-refractivity contribution in [3.05, 3.63) is 0 Å². The minimum Gasteiger partial charge on any atom is -0.330 e. The Morgan fingerprint density at radius 2 is 1.75 bits per heavy atom. The van der Waals surface area contributed by atoms with Crippen molar-refractivity contribution < 1.29 is 0 Å². The molecule has 70 valence electrons. The zero-order chi connectivity index (χ0) is 8.44. The van der Waals surface area contributed by atoms with Crippen molar-refractivity contribution in [2.75, 3.05) is 6.54 Å². The Bertz CT molecular complexity index is 138. The fourth-order valence-corrected chi connectivity index (χ4v) is 3.00. The van der Waals surface area contributed by atoms with Crippen LogP contribution in [0.3, 0.4) is 0 Å². The smallest absolute Gasteiger partial charge is 0.00204 e. The van der Waals surface area contributed by atoms with Crippen molar-refractivity contribution >= 4 is 0 Å². The van der Waals surface area contributed by atoms with E-state index in [1.165, 1.54) is 51.4 Å². The lowest BCUT2D eigenvalue weighted by Crippen LogP contribution is -2.38. The summed E-state index contributed by atoms with van der Waals surface area (Å²) in [5.41, 5.74) is 6.45. The molecule has 2 rings (SSSR count). The Morgan fingerprint density at radius 1 is 1.08 bits per heavy atom. The van der Waals surface area contributed by atoms with Crippen LogP contribution in [-0.2, 0) is 0 Å². The third-order valence-electron chi connectivity index (χ3n) is 4.04. The Hall–Kier alpha value is -0.0400. The van der Waals surface area contributed by atoms with Gasteiger partial charge in [-0.15, -0.1) is 0 Å². The average Bonchev–Trinajstić information content (AvgIpc) is 2.49. The molecular weight excluding hydrogens is 146 g/mol. The van der Waals surface area contributed by atoms with Crippen LogP contribution in [0.5, 0.6) is 0 Å². The third kappa shape index (κ3) is 1.52. The zero-order valence-corrected chi connectivity index (χ0v) is 8.02. The summed E-state index contributed by atoms with van der Waals surface area (Å²) >= 11 is 0. The lowest BCUT2D eigenvalue weighted by molar-refractivity contribution is 0.104. The molecular formula is C11H21N. The molecule has 0 heterocycles. The molecule has 2 aliphatic rings. The van der Waals surface area contributed by atoms with Gasteiger partial charge in [0.05, 0.1) is 0 Å². The van der Waals surface area contributed by atoms with Crippen LogP contribution in [0.4, 0.5) is 0 Å². The summed E-state index contributed by atoms with van der Waals surface area (Å²) in [6, 6.07) is 0. The maximum atomic E-state index is 5.85. The van der Waals surface area contributed by atoms with Gasteiger partial charge in [0, 0.05) is 0 Å². The zero-order valence-electron chi connectivity index (χ0n) is 8.02. The van der Waals surface area contributed by atoms with E-state index in [0.29, 0.717) is 5.41 Å². The van der Waals surface area contributed by atoms with E-state index in [2.05, 4.69) is 0 Å². The first kappa shape index (κ1) is 8.55. The van der Waals surface area contributed by atoms with Gasteiger partial charge in [0.1, 0.15) is 0 Å². The normalized spacial score (nSPS) is 28.8. The van der Waals surface area contributed by atoms with Crippen LogP contribution in [-0.4, -0.2) is 6.54 Å². The van der Waals surface area contributed by atoms with Gasteiger partial charge in [0.15, 0.2) is 0 Å². The van der Waals surface area contributed by atoms with Gasteiger partial charge in [-0.1, -0.05) is 32.1 Å². The molecule has 0 spiro atoms. The van der Waals surface area contributed by atoms with E-state index in [1.807, 2.05) is 0 Å². The molecule has 2 saturated carbocycles. The van der Waals surface area contributed by atoms with Crippen molar-refractivity contribution in [1.82, 2.24) is 0 Å². The summed E-state index contributed by atoms with van der Waals surface area (Å²) in [4.78, 5) is 0. The van der Waals surface area contributed by atoms with Crippen molar-refractivity contribution in [2.24, 2.45) is 17.1 Å². The Morgan fingerprint density at radius 3 is 2.17 bits per heavy atom. The average molecular weight is 167 g/mol. The van der Waals surface area contributed by atoms with Crippen LogP contribution in [0.25, 0.3) is 0 Å². The molecule has 0 aliphatic heterocycles. The van der Waals surface area contributed by atoms with Crippen LogP contribution in [0, 0.1) is 11.3 Å². The minimum atomic E-state index is 0.606. The largest absolute Gasteiger partial charge is 0.330 e. The van der Waals surface area contributed by atoms with Crippen LogP contribution < -0.4 is 5.73 Å². The van der Waals surface area contributed by atoms with Crippen molar-refractivity contribution in [2.45, 2.75) is 51.4 Å². The predicted molar refractivity (Wildman–Crippen MR) is 51.9 cm³/mol. The molecule has 1 nitrogen and oxygen atoms in total. The highest BCUT2D eigenvalue weighted by atomic mass is 14.6. The van der Waals surface area contributed by atoms with Gasteiger partial charge in [0.25, 0.3) is 0 Å². The Kier molecular flexibility index (Phi) is 2.40. The van der Waals surface area contributed by atoms with E-state index in [-0.39, 0.29) is 0 Å². The molecule has 0 amide bonds. The maximum Gasteiger partial charge on any atom is -0.00204 e. The molecule has 12 heavy (non-hydrogen) atoms. The van der Waals surface area contributed by atoms with E-state index < -0.39 is 0 Å². The molecule has 1 heteroatoms. The van der Waals surface area contributed by atoms with Gasteiger partial charge in [0.2, 0.25) is 0 Å². The van der Waals surface area contributed by atoms with Crippen LogP contribution in [0.1, 0.15) is 51.4 Å². The standard InChI is InChI=1S/C11H21N/c12-9-11(6-3-7-11)8-10-4-1-2-5-10/h10H,1-9,12H2. The summed E-state index contributed by atoms with van der Waals surface area (Å²) in [7, 11) is 0. The summed E-state index contributed by atoms with van der Waals surface area (Å²) in [5.74, 6) is 1.04. The van der Waals surface area contributed by atoms with Crippen molar-refractivity contribution in [3.8, 4) is 0 Å².